The molecule has 0 aliphatic carbocycles. The van der Waals surface area contributed by atoms with E-state index in [2.05, 4.69) is 15.3 Å². The summed E-state index contributed by atoms with van der Waals surface area (Å²) >= 11 is 12.3. The first-order chi connectivity index (χ1) is 25.5. The number of rotatable bonds is 11. The van der Waals surface area contributed by atoms with Gasteiger partial charge in [-0.1, -0.05) is 142 Å². The Morgan fingerprint density at radius 1 is 0.685 bits per heavy atom. The Labute approximate surface area is 328 Å². The molecule has 54 heavy (non-hydrogen) atoms. The van der Waals surface area contributed by atoms with Crippen LogP contribution in [-0.4, -0.2) is 36.1 Å². The standard InChI is InChI=1S/C21H22ClN3O.C11H12ClN3.C10H12O2.CH4/c1-3-18(15-9-5-4-6-10-15)20(26)24-21-23-14-17(25(21)2)13-16-11-7-8-12-19(16)22;1-15-9(7-14-11(15)13)6-8-4-2-3-5-10(8)12;1-2-9(10(11)12)8-6-4-3-5-7-8;/h4-12,14,18H,3,13H2,1-2H3,(H,23,24,26);2-5,7H,6H2,1H3,(H2,13,14);3-7,9H,2H2,1H3,(H,11,12);1H4. The van der Waals surface area contributed by atoms with Gasteiger partial charge in [0.25, 0.3) is 0 Å². The summed E-state index contributed by atoms with van der Waals surface area (Å²) in [5.74, 6) is -0.269. The molecule has 0 spiro atoms. The van der Waals surface area contributed by atoms with Crippen molar-refractivity contribution in [1.82, 2.24) is 19.1 Å². The first-order valence-electron chi connectivity index (χ1n) is 17.4. The van der Waals surface area contributed by atoms with E-state index < -0.39 is 5.97 Å². The summed E-state index contributed by atoms with van der Waals surface area (Å²) in [6.45, 7) is 3.89. The van der Waals surface area contributed by atoms with E-state index in [4.69, 9.17) is 34.0 Å². The van der Waals surface area contributed by atoms with Crippen LogP contribution in [0.3, 0.4) is 0 Å². The molecule has 2 heterocycles. The van der Waals surface area contributed by atoms with Gasteiger partial charge in [-0.3, -0.25) is 14.9 Å². The quantitative estimate of drug-likeness (QED) is 0.120. The van der Waals surface area contributed by atoms with Crippen molar-refractivity contribution in [2.24, 2.45) is 14.1 Å². The maximum atomic E-state index is 12.7. The zero-order valence-electron chi connectivity index (χ0n) is 30.4. The van der Waals surface area contributed by atoms with Crippen LogP contribution in [0.1, 0.15) is 79.6 Å². The van der Waals surface area contributed by atoms with Crippen molar-refractivity contribution in [1.29, 1.82) is 0 Å². The van der Waals surface area contributed by atoms with Crippen molar-refractivity contribution in [2.75, 3.05) is 11.1 Å². The summed E-state index contributed by atoms with van der Waals surface area (Å²) in [5, 5.41) is 13.3. The maximum absolute atomic E-state index is 12.7. The van der Waals surface area contributed by atoms with Gasteiger partial charge < -0.3 is 20.0 Å². The van der Waals surface area contributed by atoms with Crippen LogP contribution in [-0.2, 0) is 36.5 Å². The molecule has 0 fully saturated rings. The van der Waals surface area contributed by atoms with Gasteiger partial charge in [-0.15, -0.1) is 0 Å². The summed E-state index contributed by atoms with van der Waals surface area (Å²) in [7, 11) is 3.80. The molecule has 2 aromatic heterocycles. The highest BCUT2D eigenvalue weighted by Crippen LogP contribution is 2.24. The highest BCUT2D eigenvalue weighted by Gasteiger charge is 2.21. The number of nitrogens with zero attached hydrogens (tertiary/aromatic N) is 4. The molecule has 6 aromatic rings. The number of aliphatic carboxylic acids is 1. The lowest BCUT2D eigenvalue weighted by molar-refractivity contribution is -0.138. The average molecular weight is 770 g/mol. The fourth-order valence-corrected chi connectivity index (χ4v) is 6.12. The van der Waals surface area contributed by atoms with Crippen molar-refractivity contribution in [3.8, 4) is 0 Å². The second kappa shape index (κ2) is 21.4. The van der Waals surface area contributed by atoms with E-state index in [1.807, 2.05) is 146 Å². The number of anilines is 2. The maximum Gasteiger partial charge on any atom is 0.310 e. The molecular weight excluding hydrogens is 719 g/mol. The Balaban J connectivity index is 0.000000237. The number of carbonyl (C=O) groups is 2. The number of carboxylic acid groups (broad SMARTS) is 1. The van der Waals surface area contributed by atoms with Crippen LogP contribution >= 0.6 is 23.2 Å². The number of carboxylic acids is 1. The second-order valence-corrected chi connectivity index (χ2v) is 13.2. The number of halogens is 2. The molecule has 0 saturated carbocycles. The van der Waals surface area contributed by atoms with Gasteiger partial charge in [-0.25, -0.2) is 9.97 Å². The minimum atomic E-state index is -0.747. The highest BCUT2D eigenvalue weighted by atomic mass is 35.5. The minimum Gasteiger partial charge on any atom is -0.481 e. The van der Waals surface area contributed by atoms with E-state index in [0.29, 0.717) is 24.7 Å². The van der Waals surface area contributed by atoms with Crippen LogP contribution in [0.2, 0.25) is 10.0 Å². The van der Waals surface area contributed by atoms with Gasteiger partial charge in [0.1, 0.15) is 0 Å². The molecule has 4 aromatic carbocycles. The third kappa shape index (κ3) is 11.8. The van der Waals surface area contributed by atoms with Gasteiger partial charge in [0.2, 0.25) is 11.9 Å². The number of nitrogens with one attached hydrogen (secondary N) is 1. The van der Waals surface area contributed by atoms with Crippen LogP contribution in [0.15, 0.2) is 122 Å². The monoisotopic (exact) mass is 768 g/mol. The van der Waals surface area contributed by atoms with Crippen molar-refractivity contribution >= 4 is 47.0 Å². The molecule has 11 heteroatoms. The third-order valence-corrected chi connectivity index (χ3v) is 9.67. The molecule has 2 unspecified atom stereocenters. The number of amides is 1. The van der Waals surface area contributed by atoms with Gasteiger partial charge in [-0.2, -0.15) is 0 Å². The van der Waals surface area contributed by atoms with E-state index in [-0.39, 0.29) is 25.2 Å². The molecular formula is C43H50Cl2N6O3. The largest absolute Gasteiger partial charge is 0.481 e. The number of hydrogen-bond acceptors (Lipinski definition) is 5. The summed E-state index contributed by atoms with van der Waals surface area (Å²) < 4.78 is 3.77. The number of carbonyl (C=O) groups excluding carboxylic acids is 1. The van der Waals surface area contributed by atoms with E-state index in [9.17, 15) is 9.59 Å². The summed E-state index contributed by atoms with van der Waals surface area (Å²) in [6, 6.07) is 34.7. The fraction of sp³-hybridized carbons (Fsp3) is 0.256. The smallest absolute Gasteiger partial charge is 0.310 e. The van der Waals surface area contributed by atoms with E-state index in [1.165, 1.54) is 0 Å². The Morgan fingerprint density at radius 2 is 1.11 bits per heavy atom. The molecule has 9 nitrogen and oxygen atoms in total. The summed E-state index contributed by atoms with van der Waals surface area (Å²) in [5.41, 5.74) is 11.7. The molecule has 0 aliphatic rings. The number of aromatic nitrogens is 4. The molecule has 0 aliphatic heterocycles. The molecule has 6 rings (SSSR count). The first kappa shape index (κ1) is 43.0. The third-order valence-electron chi connectivity index (χ3n) is 8.93. The average Bonchev–Trinajstić information content (AvgIpc) is 3.67. The summed E-state index contributed by atoms with van der Waals surface area (Å²) in [6.07, 6.45) is 6.34. The second-order valence-electron chi connectivity index (χ2n) is 12.4. The minimum absolute atomic E-state index is 0. The van der Waals surface area contributed by atoms with Crippen molar-refractivity contribution in [3.63, 3.8) is 0 Å². The fourth-order valence-electron chi connectivity index (χ4n) is 5.72. The lowest BCUT2D eigenvalue weighted by Gasteiger charge is -2.15. The topological polar surface area (TPSA) is 128 Å². The molecule has 0 saturated heterocycles. The number of nitrogens with two attached hydrogens (primary N) is 1. The predicted octanol–water partition coefficient (Wildman–Crippen LogP) is 9.94. The predicted molar refractivity (Wildman–Crippen MR) is 221 cm³/mol. The zero-order chi connectivity index (χ0) is 38.3. The normalized spacial score (nSPS) is 11.4. The molecule has 284 valence electrons. The molecule has 2 atom stereocenters. The van der Waals surface area contributed by atoms with Gasteiger partial charge in [0.05, 0.1) is 24.2 Å². The van der Waals surface area contributed by atoms with Crippen molar-refractivity contribution in [3.05, 3.63) is 165 Å². The van der Waals surface area contributed by atoms with Gasteiger partial charge in [0, 0.05) is 48.4 Å². The Kier molecular flexibility index (Phi) is 17.0. The number of benzene rings is 4. The molecule has 1 amide bonds. The van der Waals surface area contributed by atoms with Crippen LogP contribution in [0, 0.1) is 0 Å². The first-order valence-corrected chi connectivity index (χ1v) is 18.2. The lowest BCUT2D eigenvalue weighted by Crippen LogP contribution is -2.22. The Bertz CT molecular complexity index is 2060. The SMILES string of the molecule is C.CCC(C(=O)Nc1ncc(Cc2ccccc2Cl)n1C)c1ccccc1.CCC(C(=O)O)c1ccccc1.Cn1c(Cc2ccccc2Cl)cnc1N. The number of imidazole rings is 2. The van der Waals surface area contributed by atoms with Crippen LogP contribution in [0.4, 0.5) is 11.9 Å². The zero-order valence-corrected chi connectivity index (χ0v) is 31.9. The Morgan fingerprint density at radius 3 is 1.54 bits per heavy atom. The lowest BCUT2D eigenvalue weighted by atomic mass is 9.96. The molecule has 0 bridgehead atoms. The van der Waals surface area contributed by atoms with E-state index in [0.717, 1.165) is 56.5 Å². The van der Waals surface area contributed by atoms with Crippen LogP contribution in [0.25, 0.3) is 0 Å². The number of hydrogen-bond donors (Lipinski definition) is 3. The van der Waals surface area contributed by atoms with E-state index >= 15 is 0 Å². The van der Waals surface area contributed by atoms with Gasteiger partial charge in [-0.05, 0) is 47.2 Å². The number of nitrogen functional groups attached to an aromatic ring is 1. The van der Waals surface area contributed by atoms with Crippen molar-refractivity contribution < 1.29 is 14.7 Å². The van der Waals surface area contributed by atoms with Gasteiger partial charge in [0.15, 0.2) is 5.95 Å². The Hall–Kier alpha value is -5.38. The van der Waals surface area contributed by atoms with Crippen LogP contribution < -0.4 is 11.1 Å². The van der Waals surface area contributed by atoms with E-state index in [1.54, 1.807) is 12.4 Å². The van der Waals surface area contributed by atoms with Crippen molar-refractivity contribution in [2.45, 2.75) is 58.8 Å². The van der Waals surface area contributed by atoms with Crippen LogP contribution in [0.5, 0.6) is 0 Å². The highest BCUT2D eigenvalue weighted by molar-refractivity contribution is 6.31. The van der Waals surface area contributed by atoms with Gasteiger partial charge >= 0.3 is 5.97 Å². The molecule has 4 N–H and O–H groups in total. The summed E-state index contributed by atoms with van der Waals surface area (Å²) in [4.78, 5) is 31.9. The molecule has 0 radical (unpaired) electrons.